The van der Waals surface area contributed by atoms with Gasteiger partial charge in [0, 0.05) is 34.9 Å². The van der Waals surface area contributed by atoms with E-state index < -0.39 is 31.5 Å². The van der Waals surface area contributed by atoms with Crippen molar-refractivity contribution in [3.8, 4) is 0 Å². The van der Waals surface area contributed by atoms with E-state index in [4.69, 9.17) is 11.6 Å². The highest BCUT2D eigenvalue weighted by atomic mass is 35.5. The van der Waals surface area contributed by atoms with Crippen LogP contribution in [-0.2, 0) is 20.0 Å². The molecule has 242 valence electrons. The van der Waals surface area contributed by atoms with Crippen molar-refractivity contribution in [3.05, 3.63) is 119 Å². The van der Waals surface area contributed by atoms with Crippen molar-refractivity contribution >= 4 is 54.8 Å². The summed E-state index contributed by atoms with van der Waals surface area (Å²) in [6.07, 6.45) is 0.717. The predicted octanol–water partition coefficient (Wildman–Crippen LogP) is 5.68. The van der Waals surface area contributed by atoms with Gasteiger partial charge in [0.05, 0.1) is 16.1 Å². The number of hydrogen-bond acceptors (Lipinski definition) is 6. The van der Waals surface area contributed by atoms with Crippen molar-refractivity contribution in [2.24, 2.45) is 0 Å². The molecule has 0 saturated heterocycles. The van der Waals surface area contributed by atoms with E-state index in [9.17, 15) is 26.4 Å². The average Bonchev–Trinajstić information content (AvgIpc) is 3.03. The summed E-state index contributed by atoms with van der Waals surface area (Å²) in [6, 6.07) is 25.8. The van der Waals surface area contributed by atoms with Gasteiger partial charge in [0.25, 0.3) is 21.8 Å². The molecule has 3 N–H and O–H groups in total. The first-order valence-electron chi connectivity index (χ1n) is 14.4. The van der Waals surface area contributed by atoms with Gasteiger partial charge in [0.2, 0.25) is 10.0 Å². The van der Waals surface area contributed by atoms with E-state index in [-0.39, 0.29) is 40.0 Å². The number of benzene rings is 4. The number of rotatable bonds is 13. The molecule has 0 heterocycles. The second-order valence-electron chi connectivity index (χ2n) is 11.0. The Morgan fingerprint density at radius 1 is 0.804 bits per heavy atom. The van der Waals surface area contributed by atoms with Crippen LogP contribution in [0, 0.1) is 0 Å². The number of carbonyl (C=O) groups is 2. The molecular weight excluding hydrogens is 648 g/mol. The summed E-state index contributed by atoms with van der Waals surface area (Å²) < 4.78 is 57.5. The number of nitrogens with one attached hydrogen (secondary N) is 3. The quantitative estimate of drug-likeness (QED) is 0.166. The number of carbonyl (C=O) groups excluding carboxylic acids is 2. The Morgan fingerprint density at radius 3 is 2.13 bits per heavy atom. The smallest absolute Gasteiger partial charge is 0.265 e. The van der Waals surface area contributed by atoms with Gasteiger partial charge in [-0.2, -0.15) is 0 Å². The summed E-state index contributed by atoms with van der Waals surface area (Å²) in [4.78, 5) is 26.0. The molecule has 0 aromatic heterocycles. The monoisotopic (exact) mass is 682 g/mol. The molecule has 0 fully saturated rings. The Bertz CT molecular complexity index is 1920. The zero-order valence-electron chi connectivity index (χ0n) is 25.5. The lowest BCUT2D eigenvalue weighted by Gasteiger charge is -2.26. The Hall–Kier alpha value is -4.23. The van der Waals surface area contributed by atoms with Crippen molar-refractivity contribution < 1.29 is 26.4 Å². The minimum atomic E-state index is -4.40. The van der Waals surface area contributed by atoms with Gasteiger partial charge in [-0.05, 0) is 87.0 Å². The van der Waals surface area contributed by atoms with Crippen LogP contribution in [0.4, 0.5) is 11.4 Å². The van der Waals surface area contributed by atoms with Gasteiger partial charge in [0.1, 0.15) is 4.90 Å². The fourth-order valence-electron chi connectivity index (χ4n) is 4.36. The summed E-state index contributed by atoms with van der Waals surface area (Å²) in [6.45, 7) is 5.22. The normalized spacial score (nSPS) is 11.9. The number of amides is 2. The summed E-state index contributed by atoms with van der Waals surface area (Å²) in [5.74, 6) is -1.02. The van der Waals surface area contributed by atoms with E-state index in [2.05, 4.69) is 15.4 Å². The minimum Gasteiger partial charge on any atom is -0.347 e. The second-order valence-corrected chi connectivity index (χ2v) is 15.0. The molecule has 0 unspecified atom stereocenters. The minimum absolute atomic E-state index is 0.0244. The maximum atomic E-state index is 14.2. The van der Waals surface area contributed by atoms with Crippen LogP contribution >= 0.6 is 11.6 Å². The van der Waals surface area contributed by atoms with Crippen LogP contribution in [-0.4, -0.2) is 47.3 Å². The molecule has 0 aliphatic carbocycles. The van der Waals surface area contributed by atoms with Crippen LogP contribution < -0.4 is 19.7 Å². The number of anilines is 2. The van der Waals surface area contributed by atoms with Crippen LogP contribution in [0.1, 0.15) is 47.9 Å². The lowest BCUT2D eigenvalue weighted by atomic mass is 10.0. The summed E-state index contributed by atoms with van der Waals surface area (Å²) >= 11 is 5.88. The molecule has 2 amide bonds. The fourth-order valence-corrected chi connectivity index (χ4v) is 7.17. The van der Waals surface area contributed by atoms with Crippen molar-refractivity contribution in [2.45, 2.75) is 42.5 Å². The standard InChI is InChI=1S/C33H35ClN4O6S2/c1-4-33(2,3)37-31(39)24-11-10-12-26(23-24)36-32(40)29-15-8-9-16-30(29)46(43,44)38(27-13-6-5-7-14-27)22-21-35-45(41,42)28-19-17-25(34)18-20-28/h5-20,23,35H,4,21-22H2,1-3H3,(H,36,40)(H,37,39). The highest BCUT2D eigenvalue weighted by Gasteiger charge is 2.30. The number of nitrogens with zero attached hydrogens (tertiary/aromatic N) is 1. The zero-order valence-corrected chi connectivity index (χ0v) is 27.9. The van der Waals surface area contributed by atoms with Gasteiger partial charge in [-0.1, -0.05) is 54.9 Å². The predicted molar refractivity (Wildman–Crippen MR) is 180 cm³/mol. The molecule has 0 spiro atoms. The van der Waals surface area contributed by atoms with Crippen molar-refractivity contribution in [1.29, 1.82) is 0 Å². The third-order valence-corrected chi connectivity index (χ3v) is 10.8. The summed E-state index contributed by atoms with van der Waals surface area (Å²) in [5.41, 5.74) is 0.348. The van der Waals surface area contributed by atoms with E-state index in [0.717, 1.165) is 4.31 Å². The number of para-hydroxylation sites is 1. The van der Waals surface area contributed by atoms with E-state index in [1.807, 2.05) is 20.8 Å². The van der Waals surface area contributed by atoms with Crippen molar-refractivity contribution in [1.82, 2.24) is 10.0 Å². The van der Waals surface area contributed by atoms with Crippen LogP contribution in [0.2, 0.25) is 5.02 Å². The van der Waals surface area contributed by atoms with Crippen LogP contribution in [0.3, 0.4) is 0 Å². The van der Waals surface area contributed by atoms with Gasteiger partial charge in [-0.3, -0.25) is 13.9 Å². The first kappa shape index (κ1) is 34.6. The van der Waals surface area contributed by atoms with Gasteiger partial charge in [0.15, 0.2) is 0 Å². The Morgan fingerprint density at radius 2 is 1.46 bits per heavy atom. The average molecular weight is 683 g/mol. The first-order valence-corrected chi connectivity index (χ1v) is 17.7. The zero-order chi connectivity index (χ0) is 33.5. The maximum Gasteiger partial charge on any atom is 0.265 e. The highest BCUT2D eigenvalue weighted by Crippen LogP contribution is 2.27. The third kappa shape index (κ3) is 8.52. The van der Waals surface area contributed by atoms with Crippen LogP contribution in [0.5, 0.6) is 0 Å². The Kier molecular flexibility index (Phi) is 10.9. The lowest BCUT2D eigenvalue weighted by molar-refractivity contribution is 0.0910. The first-order chi connectivity index (χ1) is 21.7. The lowest BCUT2D eigenvalue weighted by Crippen LogP contribution is -2.42. The Labute approximate surface area is 274 Å². The van der Waals surface area contributed by atoms with Gasteiger partial charge < -0.3 is 10.6 Å². The van der Waals surface area contributed by atoms with E-state index in [1.54, 1.807) is 48.5 Å². The molecule has 0 radical (unpaired) electrons. The number of halogens is 1. The molecule has 0 aliphatic heterocycles. The van der Waals surface area contributed by atoms with Crippen LogP contribution in [0.15, 0.2) is 113 Å². The molecule has 0 bridgehead atoms. The van der Waals surface area contributed by atoms with Crippen molar-refractivity contribution in [3.63, 3.8) is 0 Å². The van der Waals surface area contributed by atoms with Gasteiger partial charge >= 0.3 is 0 Å². The molecule has 0 aliphatic rings. The molecule has 4 rings (SSSR count). The molecule has 4 aromatic carbocycles. The fraction of sp³-hybridized carbons (Fsp3) is 0.212. The second kappa shape index (κ2) is 14.5. The van der Waals surface area contributed by atoms with E-state index in [0.29, 0.717) is 22.7 Å². The third-order valence-electron chi connectivity index (χ3n) is 7.19. The molecule has 0 saturated carbocycles. The van der Waals surface area contributed by atoms with Gasteiger partial charge in [-0.15, -0.1) is 0 Å². The number of hydrogen-bond donors (Lipinski definition) is 3. The van der Waals surface area contributed by atoms with Gasteiger partial charge in [-0.25, -0.2) is 21.6 Å². The SMILES string of the molecule is CCC(C)(C)NC(=O)c1cccc(NC(=O)c2ccccc2S(=O)(=O)N(CCNS(=O)(=O)c2ccc(Cl)cc2)c2ccccc2)c1. The molecule has 10 nitrogen and oxygen atoms in total. The largest absolute Gasteiger partial charge is 0.347 e. The molecule has 13 heteroatoms. The topological polar surface area (TPSA) is 142 Å². The van der Waals surface area contributed by atoms with E-state index >= 15 is 0 Å². The van der Waals surface area contributed by atoms with Crippen LogP contribution in [0.25, 0.3) is 0 Å². The number of sulfonamides is 2. The van der Waals surface area contributed by atoms with Crippen molar-refractivity contribution in [2.75, 3.05) is 22.7 Å². The summed E-state index contributed by atoms with van der Waals surface area (Å²) in [7, 11) is -8.36. The molecule has 4 aromatic rings. The molecular formula is C33H35ClN4O6S2. The Balaban J connectivity index is 1.60. The molecule has 46 heavy (non-hydrogen) atoms. The maximum absolute atomic E-state index is 14.2. The summed E-state index contributed by atoms with van der Waals surface area (Å²) in [5, 5.41) is 6.02. The molecule has 0 atom stereocenters. The highest BCUT2D eigenvalue weighted by molar-refractivity contribution is 7.93. The van der Waals surface area contributed by atoms with E-state index in [1.165, 1.54) is 54.6 Å².